The minimum absolute atomic E-state index is 0.0507. The minimum atomic E-state index is -0.0614. The maximum Gasteiger partial charge on any atom is 0.314 e. The number of fused-ring (bicyclic) bond motifs is 1. The van der Waals surface area contributed by atoms with E-state index in [0.717, 1.165) is 5.56 Å². The van der Waals surface area contributed by atoms with Crippen LogP contribution in [0.1, 0.15) is 25.0 Å². The van der Waals surface area contributed by atoms with Gasteiger partial charge in [-0.05, 0) is 25.0 Å². The zero-order valence-corrected chi connectivity index (χ0v) is 10.4. The van der Waals surface area contributed by atoms with E-state index in [4.69, 9.17) is 4.74 Å². The number of hydrogen-bond acceptors (Lipinski definition) is 2. The molecule has 0 N–H and O–H groups in total. The number of rotatable bonds is 1. The Hall–Kier alpha value is -1.57. The SMILES string of the molecule is CC1=C(c2ccc(C)cc2)C2C(=O)OCC12C. The Morgan fingerprint density at radius 1 is 1.24 bits per heavy atom. The van der Waals surface area contributed by atoms with Crippen LogP contribution in [0.3, 0.4) is 0 Å². The smallest absolute Gasteiger partial charge is 0.314 e. The van der Waals surface area contributed by atoms with Crippen molar-refractivity contribution in [3.63, 3.8) is 0 Å². The Morgan fingerprint density at radius 3 is 2.53 bits per heavy atom. The summed E-state index contributed by atoms with van der Waals surface area (Å²) in [6.07, 6.45) is 0. The molecule has 2 aliphatic rings. The molecule has 88 valence electrons. The van der Waals surface area contributed by atoms with E-state index in [-0.39, 0.29) is 17.3 Å². The van der Waals surface area contributed by atoms with E-state index in [1.807, 2.05) is 0 Å². The molecule has 1 heterocycles. The van der Waals surface area contributed by atoms with Gasteiger partial charge in [-0.15, -0.1) is 0 Å². The first-order chi connectivity index (χ1) is 8.04. The summed E-state index contributed by atoms with van der Waals surface area (Å²) in [5, 5.41) is 0. The van der Waals surface area contributed by atoms with Crippen LogP contribution in [0.25, 0.3) is 5.57 Å². The van der Waals surface area contributed by atoms with Crippen LogP contribution in [0.2, 0.25) is 0 Å². The molecule has 2 nitrogen and oxygen atoms in total. The molecule has 0 saturated carbocycles. The van der Waals surface area contributed by atoms with E-state index in [1.165, 1.54) is 16.7 Å². The number of hydrogen-bond donors (Lipinski definition) is 0. The fourth-order valence-electron chi connectivity index (χ4n) is 2.97. The first-order valence-corrected chi connectivity index (χ1v) is 5.99. The molecule has 1 aliphatic carbocycles. The number of ether oxygens (including phenoxy) is 1. The molecule has 1 aliphatic heterocycles. The van der Waals surface area contributed by atoms with Gasteiger partial charge in [0, 0.05) is 5.41 Å². The molecular weight excluding hydrogens is 212 g/mol. The molecule has 1 aromatic carbocycles. The van der Waals surface area contributed by atoms with Crippen molar-refractivity contribution in [1.29, 1.82) is 0 Å². The van der Waals surface area contributed by atoms with E-state index in [9.17, 15) is 4.79 Å². The van der Waals surface area contributed by atoms with Crippen molar-refractivity contribution in [2.75, 3.05) is 6.61 Å². The maximum atomic E-state index is 11.8. The largest absolute Gasteiger partial charge is 0.464 e. The third kappa shape index (κ3) is 1.24. The van der Waals surface area contributed by atoms with E-state index in [1.54, 1.807) is 0 Å². The molecule has 1 aromatic rings. The first kappa shape index (κ1) is 10.6. The Kier molecular flexibility index (Phi) is 2.00. The predicted molar refractivity (Wildman–Crippen MR) is 66.3 cm³/mol. The van der Waals surface area contributed by atoms with E-state index in [2.05, 4.69) is 45.0 Å². The molecule has 2 atom stereocenters. The molecule has 0 spiro atoms. The average Bonchev–Trinajstić information content (AvgIpc) is 2.57. The van der Waals surface area contributed by atoms with Gasteiger partial charge in [-0.2, -0.15) is 0 Å². The summed E-state index contributed by atoms with van der Waals surface area (Å²) in [6.45, 7) is 6.85. The highest BCUT2D eigenvalue weighted by Crippen LogP contribution is 2.58. The lowest BCUT2D eigenvalue weighted by molar-refractivity contribution is -0.139. The van der Waals surface area contributed by atoms with Crippen molar-refractivity contribution in [3.8, 4) is 0 Å². The van der Waals surface area contributed by atoms with Crippen LogP contribution >= 0.6 is 0 Å². The third-order valence-corrected chi connectivity index (χ3v) is 4.30. The van der Waals surface area contributed by atoms with Crippen molar-refractivity contribution in [3.05, 3.63) is 41.0 Å². The van der Waals surface area contributed by atoms with Crippen molar-refractivity contribution in [2.24, 2.45) is 11.3 Å². The van der Waals surface area contributed by atoms with Gasteiger partial charge in [-0.25, -0.2) is 0 Å². The van der Waals surface area contributed by atoms with Crippen LogP contribution in [0.15, 0.2) is 29.8 Å². The highest BCUT2D eigenvalue weighted by Gasteiger charge is 2.58. The summed E-state index contributed by atoms with van der Waals surface area (Å²) in [7, 11) is 0. The highest BCUT2D eigenvalue weighted by atomic mass is 16.5. The molecule has 0 radical (unpaired) electrons. The van der Waals surface area contributed by atoms with Crippen molar-refractivity contribution in [2.45, 2.75) is 20.8 Å². The Balaban J connectivity index is 2.08. The highest BCUT2D eigenvalue weighted by molar-refractivity contribution is 5.98. The van der Waals surface area contributed by atoms with Crippen molar-refractivity contribution in [1.82, 2.24) is 0 Å². The first-order valence-electron chi connectivity index (χ1n) is 5.99. The number of benzene rings is 1. The van der Waals surface area contributed by atoms with E-state index in [0.29, 0.717) is 6.61 Å². The van der Waals surface area contributed by atoms with Crippen LogP contribution in [-0.4, -0.2) is 12.6 Å². The molecule has 1 saturated heterocycles. The number of carbonyl (C=O) groups excluding carboxylic acids is 1. The summed E-state index contributed by atoms with van der Waals surface area (Å²) in [4.78, 5) is 11.8. The Bertz CT molecular complexity index is 524. The zero-order chi connectivity index (χ0) is 12.2. The molecule has 2 unspecified atom stereocenters. The number of cyclic esters (lactones) is 1. The lowest BCUT2D eigenvalue weighted by Gasteiger charge is -2.42. The van der Waals surface area contributed by atoms with Crippen LogP contribution in [-0.2, 0) is 9.53 Å². The van der Waals surface area contributed by atoms with Crippen molar-refractivity contribution >= 4 is 11.5 Å². The number of esters is 1. The molecule has 0 bridgehead atoms. The predicted octanol–water partition coefficient (Wildman–Crippen LogP) is 2.96. The van der Waals surface area contributed by atoms with Gasteiger partial charge < -0.3 is 4.74 Å². The third-order valence-electron chi connectivity index (χ3n) is 4.30. The van der Waals surface area contributed by atoms with Gasteiger partial charge in [-0.1, -0.05) is 42.3 Å². The quantitative estimate of drug-likeness (QED) is 0.691. The lowest BCUT2D eigenvalue weighted by Crippen LogP contribution is -2.39. The molecule has 0 aromatic heterocycles. The van der Waals surface area contributed by atoms with E-state index < -0.39 is 0 Å². The van der Waals surface area contributed by atoms with Gasteiger partial charge in [0.25, 0.3) is 0 Å². The second-order valence-corrected chi connectivity index (χ2v) is 5.36. The summed E-state index contributed by atoms with van der Waals surface area (Å²) < 4.78 is 5.21. The molecule has 3 rings (SSSR count). The van der Waals surface area contributed by atoms with Gasteiger partial charge in [-0.3, -0.25) is 4.79 Å². The molecule has 2 heteroatoms. The fraction of sp³-hybridized carbons (Fsp3) is 0.400. The summed E-state index contributed by atoms with van der Waals surface area (Å²) in [5.74, 6) is -0.112. The normalized spacial score (nSPS) is 31.0. The lowest BCUT2D eigenvalue weighted by atomic mass is 9.57. The fourth-order valence-corrected chi connectivity index (χ4v) is 2.97. The van der Waals surface area contributed by atoms with E-state index >= 15 is 0 Å². The monoisotopic (exact) mass is 228 g/mol. The molecular formula is C15H16O2. The Morgan fingerprint density at radius 2 is 1.88 bits per heavy atom. The van der Waals surface area contributed by atoms with Gasteiger partial charge in [0.05, 0.1) is 5.92 Å². The van der Waals surface area contributed by atoms with Gasteiger partial charge >= 0.3 is 5.97 Å². The number of aryl methyl sites for hydroxylation is 1. The Labute approximate surface area is 101 Å². The van der Waals surface area contributed by atoms with Crippen LogP contribution < -0.4 is 0 Å². The van der Waals surface area contributed by atoms with Gasteiger partial charge in [0.1, 0.15) is 6.61 Å². The standard InChI is InChI=1S/C15H16O2/c1-9-4-6-11(7-5-9)12-10(2)15(3)8-17-14(16)13(12)15/h4-7,13H,8H2,1-3H3. The summed E-state index contributed by atoms with van der Waals surface area (Å²) in [5.41, 5.74) is 4.82. The summed E-state index contributed by atoms with van der Waals surface area (Å²) in [6, 6.07) is 8.37. The second kappa shape index (κ2) is 3.22. The molecule has 0 amide bonds. The second-order valence-electron chi connectivity index (χ2n) is 5.36. The minimum Gasteiger partial charge on any atom is -0.464 e. The van der Waals surface area contributed by atoms with Gasteiger partial charge in [0.15, 0.2) is 0 Å². The van der Waals surface area contributed by atoms with Crippen LogP contribution in [0.5, 0.6) is 0 Å². The zero-order valence-electron chi connectivity index (χ0n) is 10.4. The van der Waals surface area contributed by atoms with Crippen molar-refractivity contribution < 1.29 is 9.53 Å². The van der Waals surface area contributed by atoms with Gasteiger partial charge in [0.2, 0.25) is 0 Å². The van der Waals surface area contributed by atoms with Crippen LogP contribution in [0.4, 0.5) is 0 Å². The average molecular weight is 228 g/mol. The molecule has 17 heavy (non-hydrogen) atoms. The number of carbonyl (C=O) groups is 1. The summed E-state index contributed by atoms with van der Waals surface area (Å²) >= 11 is 0. The maximum absolute atomic E-state index is 11.8. The van der Waals surface area contributed by atoms with Crippen LogP contribution in [0, 0.1) is 18.3 Å². The molecule has 1 fully saturated rings. The topological polar surface area (TPSA) is 26.3 Å².